The Labute approximate surface area is 124 Å². The molecule has 0 radical (unpaired) electrons. The van der Waals surface area contributed by atoms with E-state index in [1.54, 1.807) is 6.92 Å². The van der Waals surface area contributed by atoms with Crippen molar-refractivity contribution in [1.82, 2.24) is 5.48 Å². The van der Waals surface area contributed by atoms with Gasteiger partial charge in [-0.15, -0.1) is 5.48 Å². The Balaban J connectivity index is 1.78. The molecule has 4 nitrogen and oxygen atoms in total. The third-order valence-corrected chi connectivity index (χ3v) is 2.92. The summed E-state index contributed by atoms with van der Waals surface area (Å²) in [6.45, 7) is 2.78. The molecule has 0 unspecified atom stereocenters. The van der Waals surface area contributed by atoms with Crippen LogP contribution in [0.25, 0.3) is 0 Å². The van der Waals surface area contributed by atoms with E-state index in [0.29, 0.717) is 19.6 Å². The van der Waals surface area contributed by atoms with Crippen LogP contribution in [0.2, 0.25) is 0 Å². The molecule has 0 amide bonds. The maximum absolute atomic E-state index is 11.0. The van der Waals surface area contributed by atoms with E-state index in [4.69, 9.17) is 9.57 Å². The van der Waals surface area contributed by atoms with Crippen molar-refractivity contribution in [3.63, 3.8) is 0 Å². The van der Waals surface area contributed by atoms with Gasteiger partial charge in [0.2, 0.25) is 0 Å². The van der Waals surface area contributed by atoms with Gasteiger partial charge in [0.1, 0.15) is 12.4 Å². The van der Waals surface area contributed by atoms with Crippen LogP contribution in [0.4, 0.5) is 0 Å². The van der Waals surface area contributed by atoms with Crippen molar-refractivity contribution in [3.8, 4) is 5.75 Å². The minimum atomic E-state index is -0.266. The van der Waals surface area contributed by atoms with Gasteiger partial charge in [-0.05, 0) is 23.3 Å². The molecule has 4 heteroatoms. The van der Waals surface area contributed by atoms with Gasteiger partial charge < -0.3 is 9.57 Å². The highest BCUT2D eigenvalue weighted by atomic mass is 16.7. The predicted molar refractivity (Wildman–Crippen MR) is 80.4 cm³/mol. The average Bonchev–Trinajstić information content (AvgIpc) is 2.55. The van der Waals surface area contributed by atoms with E-state index in [9.17, 15) is 4.79 Å². The highest BCUT2D eigenvalue weighted by Crippen LogP contribution is 2.14. The zero-order valence-electron chi connectivity index (χ0n) is 12.0. The molecule has 0 aromatic heterocycles. The van der Waals surface area contributed by atoms with Gasteiger partial charge in [-0.25, -0.2) is 0 Å². The van der Waals surface area contributed by atoms with E-state index in [-0.39, 0.29) is 5.97 Å². The van der Waals surface area contributed by atoms with Crippen LogP contribution in [0.15, 0.2) is 54.6 Å². The highest BCUT2D eigenvalue weighted by molar-refractivity contribution is 5.68. The zero-order valence-corrected chi connectivity index (χ0v) is 12.0. The fourth-order valence-corrected chi connectivity index (χ4v) is 1.72. The van der Waals surface area contributed by atoms with Crippen molar-refractivity contribution in [2.45, 2.75) is 26.5 Å². The Morgan fingerprint density at radius 1 is 1.00 bits per heavy atom. The number of rotatable bonds is 7. The first-order valence-electron chi connectivity index (χ1n) is 6.96. The van der Waals surface area contributed by atoms with Crippen LogP contribution in [0, 0.1) is 0 Å². The maximum atomic E-state index is 11.0. The summed E-state index contributed by atoms with van der Waals surface area (Å²) < 4.78 is 5.70. The Morgan fingerprint density at radius 2 is 1.71 bits per heavy atom. The second kappa shape index (κ2) is 8.07. The Hall–Kier alpha value is -2.33. The zero-order chi connectivity index (χ0) is 14.9. The van der Waals surface area contributed by atoms with Gasteiger partial charge in [0.05, 0.1) is 6.54 Å². The molecular formula is C17H19NO3. The van der Waals surface area contributed by atoms with E-state index in [2.05, 4.69) is 5.48 Å². The minimum absolute atomic E-state index is 0.266. The third-order valence-electron chi connectivity index (χ3n) is 2.92. The molecule has 0 aliphatic carbocycles. The minimum Gasteiger partial charge on any atom is -0.489 e. The molecule has 0 heterocycles. The van der Waals surface area contributed by atoms with Crippen LogP contribution < -0.4 is 10.2 Å². The van der Waals surface area contributed by atoms with Crippen molar-refractivity contribution in [1.29, 1.82) is 0 Å². The Morgan fingerprint density at radius 3 is 2.38 bits per heavy atom. The van der Waals surface area contributed by atoms with Crippen LogP contribution in [0.1, 0.15) is 24.5 Å². The molecule has 2 aromatic carbocycles. The number of hydrogen-bond acceptors (Lipinski definition) is 4. The number of benzene rings is 2. The molecule has 0 fully saturated rings. The number of nitrogens with one attached hydrogen (secondary N) is 1. The number of carbonyl (C=O) groups is 1. The molecule has 2 rings (SSSR count). The molecule has 110 valence electrons. The van der Waals surface area contributed by atoms with Crippen molar-refractivity contribution in [2.75, 3.05) is 0 Å². The summed E-state index contributed by atoms with van der Waals surface area (Å²) in [5.41, 5.74) is 4.79. The summed E-state index contributed by atoms with van der Waals surface area (Å²) in [7, 11) is 0. The van der Waals surface area contributed by atoms with Crippen LogP contribution in [0.3, 0.4) is 0 Å². The van der Waals surface area contributed by atoms with Crippen molar-refractivity contribution in [2.24, 2.45) is 0 Å². The SMILES string of the molecule is CCC(=O)ONCc1ccc(OCc2ccccc2)cc1. The number of carbonyl (C=O) groups excluding carboxylic acids is 1. The average molecular weight is 285 g/mol. The van der Waals surface area contributed by atoms with E-state index in [1.165, 1.54) is 0 Å². The molecule has 21 heavy (non-hydrogen) atoms. The first-order valence-corrected chi connectivity index (χ1v) is 6.96. The quantitative estimate of drug-likeness (QED) is 0.793. The normalized spacial score (nSPS) is 10.1. The number of hydroxylamine groups is 1. The van der Waals surface area contributed by atoms with Gasteiger partial charge in [-0.1, -0.05) is 49.4 Å². The lowest BCUT2D eigenvalue weighted by Crippen LogP contribution is -2.18. The topological polar surface area (TPSA) is 47.6 Å². The van der Waals surface area contributed by atoms with Gasteiger partial charge >= 0.3 is 5.97 Å². The summed E-state index contributed by atoms with van der Waals surface area (Å²) in [6.07, 6.45) is 0.360. The molecule has 0 spiro atoms. The van der Waals surface area contributed by atoms with Crippen LogP contribution in [0.5, 0.6) is 5.75 Å². The second-order valence-corrected chi connectivity index (χ2v) is 4.57. The van der Waals surface area contributed by atoms with Crippen LogP contribution >= 0.6 is 0 Å². The maximum Gasteiger partial charge on any atom is 0.324 e. The Bertz CT molecular complexity index is 552. The molecule has 0 aliphatic rings. The first-order chi connectivity index (χ1) is 10.3. The lowest BCUT2D eigenvalue weighted by molar-refractivity contribution is -0.151. The smallest absolute Gasteiger partial charge is 0.324 e. The molecule has 0 atom stereocenters. The Kier molecular flexibility index (Phi) is 5.79. The number of hydrogen-bond donors (Lipinski definition) is 1. The fourth-order valence-electron chi connectivity index (χ4n) is 1.72. The second-order valence-electron chi connectivity index (χ2n) is 4.57. The summed E-state index contributed by atoms with van der Waals surface area (Å²) in [4.78, 5) is 15.8. The molecule has 0 aliphatic heterocycles. The molecule has 2 aromatic rings. The van der Waals surface area contributed by atoms with Gasteiger partial charge in [-0.2, -0.15) is 0 Å². The van der Waals surface area contributed by atoms with E-state index >= 15 is 0 Å². The van der Waals surface area contributed by atoms with Gasteiger partial charge in [0.25, 0.3) is 0 Å². The molecule has 0 saturated carbocycles. The van der Waals surface area contributed by atoms with E-state index < -0.39 is 0 Å². The van der Waals surface area contributed by atoms with Crippen LogP contribution in [-0.4, -0.2) is 5.97 Å². The number of ether oxygens (including phenoxy) is 1. The predicted octanol–water partition coefficient (Wildman–Crippen LogP) is 3.22. The summed E-state index contributed by atoms with van der Waals surface area (Å²) in [6, 6.07) is 17.7. The summed E-state index contributed by atoms with van der Waals surface area (Å²) in [5, 5.41) is 0. The fraction of sp³-hybridized carbons (Fsp3) is 0.235. The summed E-state index contributed by atoms with van der Waals surface area (Å²) in [5.74, 6) is 0.547. The van der Waals surface area contributed by atoms with Crippen molar-refractivity contribution >= 4 is 5.97 Å². The molecular weight excluding hydrogens is 266 g/mol. The van der Waals surface area contributed by atoms with E-state index in [1.807, 2.05) is 54.6 Å². The van der Waals surface area contributed by atoms with Crippen molar-refractivity contribution < 1.29 is 14.4 Å². The largest absolute Gasteiger partial charge is 0.489 e. The highest BCUT2D eigenvalue weighted by Gasteiger charge is 2.00. The third kappa shape index (κ3) is 5.28. The van der Waals surface area contributed by atoms with Crippen LogP contribution in [-0.2, 0) is 22.8 Å². The lowest BCUT2D eigenvalue weighted by Gasteiger charge is -2.08. The van der Waals surface area contributed by atoms with Gasteiger partial charge in [0.15, 0.2) is 0 Å². The van der Waals surface area contributed by atoms with E-state index in [0.717, 1.165) is 16.9 Å². The standard InChI is InChI=1S/C17H19NO3/c1-2-17(19)21-18-12-14-8-10-16(11-9-14)20-13-15-6-4-3-5-7-15/h3-11,18H,2,12-13H2,1H3. The molecule has 1 N–H and O–H groups in total. The molecule has 0 saturated heterocycles. The van der Waals surface area contributed by atoms with Gasteiger partial charge in [0, 0.05) is 6.42 Å². The summed E-state index contributed by atoms with van der Waals surface area (Å²) >= 11 is 0. The lowest BCUT2D eigenvalue weighted by atomic mass is 10.2. The monoisotopic (exact) mass is 285 g/mol. The van der Waals surface area contributed by atoms with Gasteiger partial charge in [-0.3, -0.25) is 4.79 Å². The van der Waals surface area contributed by atoms with Crippen molar-refractivity contribution in [3.05, 3.63) is 65.7 Å². The molecule has 0 bridgehead atoms. The first kappa shape index (κ1) is 15.1.